The minimum absolute atomic E-state index is 0.0171. The number of aryl methyl sites for hydroxylation is 2. The molecule has 110 valence electrons. The molecule has 1 aromatic rings. The Hall–Kier alpha value is -1.46. The van der Waals surface area contributed by atoms with Crippen LogP contribution in [0, 0.1) is 13.8 Å². The number of carbonyl (C=O) groups is 1. The third-order valence-corrected chi connectivity index (χ3v) is 3.72. The highest BCUT2D eigenvalue weighted by Gasteiger charge is 2.23. The molecule has 0 aliphatic carbocycles. The van der Waals surface area contributed by atoms with E-state index in [4.69, 9.17) is 0 Å². The molecular formula is C15H23N3O2. The summed E-state index contributed by atoms with van der Waals surface area (Å²) in [4.78, 5) is 18.7. The van der Waals surface area contributed by atoms with Crippen LogP contribution in [0.2, 0.25) is 0 Å². The number of aliphatic hydroxyl groups is 1. The molecule has 1 unspecified atom stereocenters. The molecule has 2 heterocycles. The third kappa shape index (κ3) is 3.55. The molecule has 1 amide bonds. The van der Waals surface area contributed by atoms with Crippen LogP contribution < -0.4 is 5.32 Å². The zero-order chi connectivity index (χ0) is 14.5. The number of rotatable bonds is 5. The maximum Gasteiger partial charge on any atom is 0.255 e. The van der Waals surface area contributed by atoms with Crippen LogP contribution in [0.4, 0.5) is 0 Å². The maximum absolute atomic E-state index is 12.6. The molecule has 2 rings (SSSR count). The van der Waals surface area contributed by atoms with Gasteiger partial charge in [0.2, 0.25) is 0 Å². The number of nitrogens with zero attached hydrogens (tertiary/aromatic N) is 2. The average Bonchev–Trinajstić information content (AvgIpc) is 2.90. The Morgan fingerprint density at radius 3 is 2.90 bits per heavy atom. The number of amides is 1. The van der Waals surface area contributed by atoms with Gasteiger partial charge >= 0.3 is 0 Å². The first-order valence-corrected chi connectivity index (χ1v) is 7.19. The zero-order valence-corrected chi connectivity index (χ0v) is 12.2. The Balaban J connectivity index is 2.12. The molecule has 5 heteroatoms. The van der Waals surface area contributed by atoms with Gasteiger partial charge in [0.1, 0.15) is 0 Å². The molecule has 0 saturated carbocycles. The second-order valence-corrected chi connectivity index (χ2v) is 5.35. The molecular weight excluding hydrogens is 254 g/mol. The normalized spacial score (nSPS) is 18.2. The Kier molecular flexibility index (Phi) is 5.09. The molecule has 5 nitrogen and oxygen atoms in total. The van der Waals surface area contributed by atoms with Crippen molar-refractivity contribution in [2.24, 2.45) is 0 Å². The highest BCUT2D eigenvalue weighted by atomic mass is 16.3. The van der Waals surface area contributed by atoms with Gasteiger partial charge < -0.3 is 15.3 Å². The van der Waals surface area contributed by atoms with Gasteiger partial charge in [-0.25, -0.2) is 0 Å². The molecule has 2 N–H and O–H groups in total. The molecule has 0 bridgehead atoms. The number of pyridine rings is 1. The lowest BCUT2D eigenvalue weighted by atomic mass is 10.1. The van der Waals surface area contributed by atoms with E-state index < -0.39 is 0 Å². The maximum atomic E-state index is 12.6. The third-order valence-electron chi connectivity index (χ3n) is 3.72. The van der Waals surface area contributed by atoms with Gasteiger partial charge in [-0.1, -0.05) is 0 Å². The van der Waals surface area contributed by atoms with Gasteiger partial charge in [0.15, 0.2) is 0 Å². The lowest BCUT2D eigenvalue weighted by molar-refractivity contribution is 0.0705. The van der Waals surface area contributed by atoms with E-state index in [-0.39, 0.29) is 12.5 Å². The smallest absolute Gasteiger partial charge is 0.255 e. The summed E-state index contributed by atoms with van der Waals surface area (Å²) in [7, 11) is 0. The van der Waals surface area contributed by atoms with Gasteiger partial charge in [-0.15, -0.1) is 0 Å². The fourth-order valence-corrected chi connectivity index (χ4v) is 2.66. The Morgan fingerprint density at radius 2 is 2.30 bits per heavy atom. The van der Waals surface area contributed by atoms with Crippen molar-refractivity contribution < 1.29 is 9.90 Å². The lowest BCUT2D eigenvalue weighted by Gasteiger charge is -2.25. The van der Waals surface area contributed by atoms with Gasteiger partial charge in [-0.3, -0.25) is 9.78 Å². The number of carbonyl (C=O) groups excluding carboxylic acids is 1. The first-order chi connectivity index (χ1) is 9.61. The molecule has 1 atom stereocenters. The van der Waals surface area contributed by atoms with Crippen LogP contribution in [-0.4, -0.2) is 53.2 Å². The summed E-state index contributed by atoms with van der Waals surface area (Å²) in [5.74, 6) is -0.0437. The molecule has 1 aliphatic heterocycles. The van der Waals surface area contributed by atoms with E-state index in [2.05, 4.69) is 10.3 Å². The van der Waals surface area contributed by atoms with Crippen molar-refractivity contribution in [1.29, 1.82) is 0 Å². The van der Waals surface area contributed by atoms with Crippen LogP contribution in [0.1, 0.15) is 34.6 Å². The van der Waals surface area contributed by atoms with E-state index in [1.807, 2.05) is 26.0 Å². The minimum Gasteiger partial charge on any atom is -0.395 e. The monoisotopic (exact) mass is 277 g/mol. The summed E-state index contributed by atoms with van der Waals surface area (Å²) < 4.78 is 0. The molecule has 0 spiro atoms. The molecule has 20 heavy (non-hydrogen) atoms. The molecule has 0 radical (unpaired) electrons. The molecule has 1 aliphatic rings. The Bertz CT molecular complexity index is 470. The molecule has 1 aromatic heterocycles. The van der Waals surface area contributed by atoms with Crippen molar-refractivity contribution in [2.75, 3.05) is 26.2 Å². The van der Waals surface area contributed by atoms with E-state index in [0.717, 1.165) is 30.8 Å². The quantitative estimate of drug-likeness (QED) is 0.839. The number of aromatic nitrogens is 1. The Labute approximate surface area is 120 Å². The van der Waals surface area contributed by atoms with Crippen LogP contribution in [0.3, 0.4) is 0 Å². The van der Waals surface area contributed by atoms with Crippen LogP contribution in [0.15, 0.2) is 12.1 Å². The zero-order valence-electron chi connectivity index (χ0n) is 12.2. The van der Waals surface area contributed by atoms with E-state index in [1.54, 1.807) is 4.90 Å². The average molecular weight is 277 g/mol. The first-order valence-electron chi connectivity index (χ1n) is 7.19. The highest BCUT2D eigenvalue weighted by Crippen LogP contribution is 2.13. The fourth-order valence-electron chi connectivity index (χ4n) is 2.66. The summed E-state index contributed by atoms with van der Waals surface area (Å²) in [5.41, 5.74) is 2.28. The van der Waals surface area contributed by atoms with E-state index in [1.165, 1.54) is 0 Å². The van der Waals surface area contributed by atoms with Crippen LogP contribution >= 0.6 is 0 Å². The van der Waals surface area contributed by atoms with Crippen molar-refractivity contribution >= 4 is 5.91 Å². The van der Waals surface area contributed by atoms with Gasteiger partial charge in [-0.2, -0.15) is 0 Å². The largest absolute Gasteiger partial charge is 0.395 e. The summed E-state index contributed by atoms with van der Waals surface area (Å²) in [5, 5.41) is 12.6. The topological polar surface area (TPSA) is 65.5 Å². The number of nitrogens with one attached hydrogen (secondary N) is 1. The predicted molar refractivity (Wildman–Crippen MR) is 77.7 cm³/mol. The van der Waals surface area contributed by atoms with Gasteiger partial charge in [-0.05, 0) is 45.4 Å². The van der Waals surface area contributed by atoms with Crippen LogP contribution in [0.25, 0.3) is 0 Å². The predicted octanol–water partition coefficient (Wildman–Crippen LogP) is 0.885. The van der Waals surface area contributed by atoms with E-state index >= 15 is 0 Å². The van der Waals surface area contributed by atoms with Crippen molar-refractivity contribution in [3.8, 4) is 0 Å². The van der Waals surface area contributed by atoms with E-state index in [9.17, 15) is 9.90 Å². The lowest BCUT2D eigenvalue weighted by Crippen LogP contribution is -2.42. The van der Waals surface area contributed by atoms with Crippen molar-refractivity contribution in [2.45, 2.75) is 32.7 Å². The van der Waals surface area contributed by atoms with Gasteiger partial charge in [0.05, 0.1) is 17.9 Å². The van der Waals surface area contributed by atoms with Crippen LogP contribution in [-0.2, 0) is 0 Å². The molecule has 1 saturated heterocycles. The van der Waals surface area contributed by atoms with Crippen molar-refractivity contribution in [1.82, 2.24) is 15.2 Å². The minimum atomic E-state index is -0.0437. The highest BCUT2D eigenvalue weighted by molar-refractivity contribution is 5.95. The standard InChI is InChI=1S/C15H23N3O2/c1-11-5-6-14(12(2)17-11)15(20)18(8-9-19)10-13-4-3-7-16-13/h5-6,13,16,19H,3-4,7-10H2,1-2H3. The molecule has 0 aromatic carbocycles. The number of hydrogen-bond donors (Lipinski definition) is 2. The van der Waals surface area contributed by atoms with Crippen molar-refractivity contribution in [3.63, 3.8) is 0 Å². The van der Waals surface area contributed by atoms with Gasteiger partial charge in [0, 0.05) is 24.8 Å². The SMILES string of the molecule is Cc1ccc(C(=O)N(CCO)CC2CCCN2)c(C)n1. The van der Waals surface area contributed by atoms with Crippen molar-refractivity contribution in [3.05, 3.63) is 29.1 Å². The summed E-state index contributed by atoms with van der Waals surface area (Å²) >= 11 is 0. The van der Waals surface area contributed by atoms with Crippen LogP contribution in [0.5, 0.6) is 0 Å². The summed E-state index contributed by atoms with van der Waals surface area (Å²) in [6.07, 6.45) is 2.23. The van der Waals surface area contributed by atoms with Gasteiger partial charge in [0.25, 0.3) is 5.91 Å². The summed E-state index contributed by atoms with van der Waals surface area (Å²) in [6, 6.07) is 4.02. The van der Waals surface area contributed by atoms with E-state index in [0.29, 0.717) is 24.7 Å². The Morgan fingerprint density at radius 1 is 1.50 bits per heavy atom. The molecule has 1 fully saturated rings. The first kappa shape index (κ1) is 14.9. The second-order valence-electron chi connectivity index (χ2n) is 5.35. The number of aliphatic hydroxyl groups excluding tert-OH is 1. The number of hydrogen-bond acceptors (Lipinski definition) is 4. The second kappa shape index (κ2) is 6.81. The summed E-state index contributed by atoms with van der Waals surface area (Å²) in [6.45, 7) is 5.77. The fraction of sp³-hybridized carbons (Fsp3) is 0.600.